The van der Waals surface area contributed by atoms with Crippen LogP contribution in [0.25, 0.3) is 0 Å². The number of hydrogen-bond donors (Lipinski definition) is 2. The van der Waals surface area contributed by atoms with Crippen LogP contribution in [0.1, 0.15) is 23.2 Å². The molecule has 1 aromatic heterocycles. The van der Waals surface area contributed by atoms with Gasteiger partial charge in [0.15, 0.2) is 0 Å². The van der Waals surface area contributed by atoms with Crippen molar-refractivity contribution in [2.75, 3.05) is 17.7 Å². The molecule has 1 heterocycles. The molecule has 0 amide bonds. The molecule has 0 bridgehead atoms. The third-order valence-corrected chi connectivity index (χ3v) is 3.50. The average Bonchev–Trinajstić information content (AvgIpc) is 2.82. The van der Waals surface area contributed by atoms with Crippen LogP contribution in [-0.2, 0) is 6.54 Å². The van der Waals surface area contributed by atoms with Crippen LogP contribution in [0.3, 0.4) is 0 Å². The molecule has 1 aromatic carbocycles. The van der Waals surface area contributed by atoms with E-state index in [1.807, 2.05) is 24.4 Å². The molecule has 5 heteroatoms. The Morgan fingerprint density at radius 3 is 2.95 bits per heavy atom. The van der Waals surface area contributed by atoms with Crippen molar-refractivity contribution in [2.45, 2.75) is 26.8 Å². The fourth-order valence-corrected chi connectivity index (χ4v) is 2.37. The van der Waals surface area contributed by atoms with Crippen LogP contribution >= 0.6 is 11.3 Å². The normalized spacial score (nSPS) is 10.4. The van der Waals surface area contributed by atoms with Crippen LogP contribution in [0.15, 0.2) is 24.4 Å². The maximum Gasteiger partial charge on any atom is 0.144 e. The molecule has 0 fully saturated rings. The maximum absolute atomic E-state index is 5.88. The molecule has 2 rings (SSSR count). The smallest absolute Gasteiger partial charge is 0.144 e. The number of nitrogen functional groups attached to an aromatic ring is 1. The third kappa shape index (κ3) is 3.86. The Morgan fingerprint density at radius 2 is 2.26 bits per heavy atom. The number of aromatic nitrogens is 1. The Balaban J connectivity index is 2.00. The molecule has 0 atom stereocenters. The number of rotatable bonds is 6. The van der Waals surface area contributed by atoms with Crippen molar-refractivity contribution < 1.29 is 4.74 Å². The highest BCUT2D eigenvalue weighted by Crippen LogP contribution is 2.26. The van der Waals surface area contributed by atoms with E-state index in [9.17, 15) is 0 Å². The van der Waals surface area contributed by atoms with E-state index in [0.29, 0.717) is 12.3 Å². The number of aryl methyl sites for hydroxylation is 1. The topological polar surface area (TPSA) is 60.2 Å². The lowest BCUT2D eigenvalue weighted by Gasteiger charge is -2.11. The van der Waals surface area contributed by atoms with Gasteiger partial charge in [-0.3, -0.25) is 0 Å². The lowest BCUT2D eigenvalue weighted by molar-refractivity contribution is 0.319. The van der Waals surface area contributed by atoms with Gasteiger partial charge in [-0.1, -0.05) is 6.92 Å². The van der Waals surface area contributed by atoms with E-state index < -0.39 is 0 Å². The number of hydrogen-bond acceptors (Lipinski definition) is 5. The molecule has 0 spiro atoms. The van der Waals surface area contributed by atoms with Gasteiger partial charge in [-0.2, -0.15) is 0 Å². The number of nitrogens with two attached hydrogens (primary N) is 1. The summed E-state index contributed by atoms with van der Waals surface area (Å²) in [6.45, 7) is 5.53. The summed E-state index contributed by atoms with van der Waals surface area (Å²) in [5, 5.41) is 4.41. The summed E-state index contributed by atoms with van der Waals surface area (Å²) in [6, 6.07) is 5.75. The fraction of sp³-hybridized carbons (Fsp3) is 0.357. The zero-order chi connectivity index (χ0) is 13.7. The van der Waals surface area contributed by atoms with E-state index >= 15 is 0 Å². The van der Waals surface area contributed by atoms with E-state index in [2.05, 4.69) is 24.1 Å². The molecule has 0 unspecified atom stereocenters. The molecule has 102 valence electrons. The zero-order valence-corrected chi connectivity index (χ0v) is 12.1. The van der Waals surface area contributed by atoms with Crippen molar-refractivity contribution in [1.29, 1.82) is 0 Å². The van der Waals surface area contributed by atoms with Gasteiger partial charge in [-0.15, -0.1) is 11.3 Å². The molecule has 2 aromatic rings. The molecule has 0 aliphatic carbocycles. The van der Waals surface area contributed by atoms with Crippen LogP contribution in [0, 0.1) is 6.92 Å². The van der Waals surface area contributed by atoms with Gasteiger partial charge < -0.3 is 15.8 Å². The van der Waals surface area contributed by atoms with Crippen molar-refractivity contribution in [2.24, 2.45) is 0 Å². The lowest BCUT2D eigenvalue weighted by Crippen LogP contribution is -2.02. The van der Waals surface area contributed by atoms with Gasteiger partial charge in [-0.05, 0) is 25.5 Å². The van der Waals surface area contributed by atoms with Crippen molar-refractivity contribution in [3.8, 4) is 5.75 Å². The van der Waals surface area contributed by atoms with Gasteiger partial charge >= 0.3 is 0 Å². The Kier molecular flexibility index (Phi) is 4.63. The first-order chi connectivity index (χ1) is 9.19. The first kappa shape index (κ1) is 13.7. The van der Waals surface area contributed by atoms with Crippen LogP contribution in [-0.4, -0.2) is 11.6 Å². The lowest BCUT2D eigenvalue weighted by atomic mass is 10.2. The molecule has 0 aliphatic heterocycles. The summed E-state index contributed by atoms with van der Waals surface area (Å²) in [7, 11) is 0. The highest BCUT2D eigenvalue weighted by atomic mass is 32.1. The summed E-state index contributed by atoms with van der Waals surface area (Å²) >= 11 is 1.70. The number of ether oxygens (including phenoxy) is 1. The highest BCUT2D eigenvalue weighted by molar-refractivity contribution is 7.11. The SMILES string of the molecule is CCCOc1cc(NCc2ncc(C)s2)ccc1N. The summed E-state index contributed by atoms with van der Waals surface area (Å²) < 4.78 is 5.60. The molecule has 0 radical (unpaired) electrons. The van der Waals surface area contributed by atoms with Crippen molar-refractivity contribution in [3.63, 3.8) is 0 Å². The number of anilines is 2. The van der Waals surface area contributed by atoms with Crippen LogP contribution in [0.2, 0.25) is 0 Å². The molecule has 0 saturated carbocycles. The first-order valence-corrected chi connectivity index (χ1v) is 7.18. The number of nitrogens with zero attached hydrogens (tertiary/aromatic N) is 1. The van der Waals surface area contributed by atoms with E-state index in [0.717, 1.165) is 29.4 Å². The van der Waals surface area contributed by atoms with Gasteiger partial charge in [-0.25, -0.2) is 4.98 Å². The van der Waals surface area contributed by atoms with E-state index in [1.54, 1.807) is 11.3 Å². The minimum atomic E-state index is 0.670. The minimum absolute atomic E-state index is 0.670. The van der Waals surface area contributed by atoms with E-state index in [1.165, 1.54) is 4.88 Å². The zero-order valence-electron chi connectivity index (χ0n) is 11.3. The number of thiazole rings is 1. The van der Waals surface area contributed by atoms with Crippen LogP contribution in [0.4, 0.5) is 11.4 Å². The van der Waals surface area contributed by atoms with E-state index in [4.69, 9.17) is 10.5 Å². The number of nitrogens with one attached hydrogen (secondary N) is 1. The third-order valence-electron chi connectivity index (χ3n) is 2.59. The summed E-state index contributed by atoms with van der Waals surface area (Å²) in [5.74, 6) is 0.738. The second kappa shape index (κ2) is 6.43. The highest BCUT2D eigenvalue weighted by Gasteiger charge is 2.03. The predicted octanol–water partition coefficient (Wildman–Crippen LogP) is 3.43. The first-order valence-electron chi connectivity index (χ1n) is 6.36. The van der Waals surface area contributed by atoms with Gasteiger partial charge in [0, 0.05) is 22.8 Å². The molecular weight excluding hydrogens is 258 g/mol. The Labute approximate surface area is 117 Å². The van der Waals surface area contributed by atoms with Crippen LogP contribution in [0.5, 0.6) is 5.75 Å². The van der Waals surface area contributed by atoms with Gasteiger partial charge in [0.1, 0.15) is 10.8 Å². The summed E-state index contributed by atoms with van der Waals surface area (Å²) in [5.41, 5.74) is 7.54. The van der Waals surface area contributed by atoms with Crippen molar-refractivity contribution in [1.82, 2.24) is 4.98 Å². The number of benzene rings is 1. The quantitative estimate of drug-likeness (QED) is 0.794. The molecule has 19 heavy (non-hydrogen) atoms. The summed E-state index contributed by atoms with van der Waals surface area (Å²) in [4.78, 5) is 5.54. The Hall–Kier alpha value is -1.75. The second-order valence-corrected chi connectivity index (χ2v) is 5.64. The largest absolute Gasteiger partial charge is 0.491 e. The monoisotopic (exact) mass is 277 g/mol. The van der Waals surface area contributed by atoms with Crippen molar-refractivity contribution in [3.05, 3.63) is 34.3 Å². The summed E-state index contributed by atoms with van der Waals surface area (Å²) in [6.07, 6.45) is 2.86. The van der Waals surface area contributed by atoms with E-state index in [-0.39, 0.29) is 0 Å². The van der Waals surface area contributed by atoms with Gasteiger partial charge in [0.2, 0.25) is 0 Å². The Morgan fingerprint density at radius 1 is 1.42 bits per heavy atom. The Bertz CT molecular complexity index is 539. The second-order valence-electron chi connectivity index (χ2n) is 4.32. The minimum Gasteiger partial charge on any atom is -0.491 e. The maximum atomic E-state index is 5.88. The van der Waals surface area contributed by atoms with Crippen molar-refractivity contribution >= 4 is 22.7 Å². The van der Waals surface area contributed by atoms with Gasteiger partial charge in [0.25, 0.3) is 0 Å². The predicted molar refractivity (Wildman–Crippen MR) is 80.8 cm³/mol. The standard InChI is InChI=1S/C14H19N3OS/c1-3-6-18-13-7-11(4-5-12(13)15)16-9-14-17-8-10(2)19-14/h4-5,7-8,16H,3,6,9,15H2,1-2H3. The van der Waals surface area contributed by atoms with Crippen LogP contribution < -0.4 is 15.8 Å². The average molecular weight is 277 g/mol. The molecule has 4 nitrogen and oxygen atoms in total. The molecule has 3 N–H and O–H groups in total. The fourth-order valence-electron chi connectivity index (χ4n) is 1.64. The van der Waals surface area contributed by atoms with Gasteiger partial charge in [0.05, 0.1) is 18.8 Å². The molecular formula is C14H19N3OS. The molecule has 0 saturated heterocycles. The molecule has 0 aliphatic rings.